The third kappa shape index (κ3) is 2.43. The van der Waals surface area contributed by atoms with Crippen LogP contribution < -0.4 is 10.2 Å². The van der Waals surface area contributed by atoms with Crippen molar-refractivity contribution in [2.24, 2.45) is 0 Å². The van der Waals surface area contributed by atoms with Gasteiger partial charge in [0.2, 0.25) is 0 Å². The number of fused-ring (bicyclic) bond motifs is 2. The maximum absolute atomic E-state index is 6.57. The molecular formula is C16H22Cl2N2. The van der Waals surface area contributed by atoms with Crippen LogP contribution in [0.5, 0.6) is 0 Å². The summed E-state index contributed by atoms with van der Waals surface area (Å²) in [6.07, 6.45) is 6.19. The molecule has 4 heteroatoms. The Morgan fingerprint density at radius 1 is 1.15 bits per heavy atom. The predicted octanol–water partition coefficient (Wildman–Crippen LogP) is 4.41. The molecule has 0 saturated carbocycles. The highest BCUT2D eigenvalue weighted by Gasteiger charge is 2.39. The number of piperidine rings is 2. The summed E-state index contributed by atoms with van der Waals surface area (Å²) in [5.74, 6) is 0. The average Bonchev–Trinajstić information content (AvgIpc) is 2.43. The summed E-state index contributed by atoms with van der Waals surface area (Å²) in [6, 6.07) is 5.75. The van der Waals surface area contributed by atoms with Crippen LogP contribution in [0.3, 0.4) is 0 Å². The molecule has 2 bridgehead atoms. The van der Waals surface area contributed by atoms with Crippen molar-refractivity contribution in [1.82, 2.24) is 5.32 Å². The molecule has 0 spiro atoms. The SMILES string of the molecule is CNC1CC2CCCC(C1)N2c1c(Cl)ccc(C)c1Cl. The molecule has 0 radical (unpaired) electrons. The minimum atomic E-state index is 0.566. The van der Waals surface area contributed by atoms with Gasteiger partial charge in [-0.3, -0.25) is 0 Å². The van der Waals surface area contributed by atoms with Gasteiger partial charge in [-0.1, -0.05) is 29.3 Å². The highest BCUT2D eigenvalue weighted by atomic mass is 35.5. The normalized spacial score (nSPS) is 29.6. The van der Waals surface area contributed by atoms with Crippen LogP contribution in [-0.4, -0.2) is 25.2 Å². The van der Waals surface area contributed by atoms with E-state index in [1.807, 2.05) is 12.1 Å². The summed E-state index contributed by atoms with van der Waals surface area (Å²) in [5.41, 5.74) is 2.18. The zero-order valence-electron chi connectivity index (χ0n) is 12.1. The van der Waals surface area contributed by atoms with Crippen molar-refractivity contribution >= 4 is 28.9 Å². The number of nitrogens with one attached hydrogen (secondary N) is 1. The molecule has 1 aromatic rings. The largest absolute Gasteiger partial charge is 0.363 e. The summed E-state index contributed by atoms with van der Waals surface area (Å²) >= 11 is 13.0. The number of hydrogen-bond acceptors (Lipinski definition) is 2. The smallest absolute Gasteiger partial charge is 0.0752 e. The summed E-state index contributed by atoms with van der Waals surface area (Å²) in [4.78, 5) is 2.52. The molecule has 2 saturated heterocycles. The van der Waals surface area contributed by atoms with Gasteiger partial charge in [0.1, 0.15) is 0 Å². The highest BCUT2D eigenvalue weighted by molar-refractivity contribution is 6.39. The number of halogens is 2. The lowest BCUT2D eigenvalue weighted by Crippen LogP contribution is -2.56. The fraction of sp³-hybridized carbons (Fsp3) is 0.625. The topological polar surface area (TPSA) is 15.3 Å². The summed E-state index contributed by atoms with van der Waals surface area (Å²) in [7, 11) is 2.07. The van der Waals surface area contributed by atoms with Crippen molar-refractivity contribution in [1.29, 1.82) is 0 Å². The van der Waals surface area contributed by atoms with E-state index in [1.54, 1.807) is 0 Å². The molecule has 2 aliphatic heterocycles. The van der Waals surface area contributed by atoms with E-state index < -0.39 is 0 Å². The van der Waals surface area contributed by atoms with Gasteiger partial charge >= 0.3 is 0 Å². The summed E-state index contributed by atoms with van der Waals surface area (Å²) < 4.78 is 0. The number of nitrogens with zero attached hydrogens (tertiary/aromatic N) is 1. The first kappa shape index (κ1) is 14.5. The van der Waals surface area contributed by atoms with Crippen molar-refractivity contribution in [3.63, 3.8) is 0 Å². The third-order valence-electron chi connectivity index (χ3n) is 4.90. The Balaban J connectivity index is 2.00. The van der Waals surface area contributed by atoms with Crippen molar-refractivity contribution in [2.45, 2.75) is 57.2 Å². The van der Waals surface area contributed by atoms with Crippen molar-refractivity contribution in [3.05, 3.63) is 27.7 Å². The minimum Gasteiger partial charge on any atom is -0.363 e. The highest BCUT2D eigenvalue weighted by Crippen LogP contribution is 2.44. The lowest BCUT2D eigenvalue weighted by Gasteiger charge is -2.50. The average molecular weight is 313 g/mol. The molecule has 2 aliphatic rings. The maximum Gasteiger partial charge on any atom is 0.0752 e. The lowest BCUT2D eigenvalue weighted by atomic mass is 9.81. The Kier molecular flexibility index (Phi) is 4.16. The molecular weight excluding hydrogens is 291 g/mol. The molecule has 2 fully saturated rings. The molecule has 2 atom stereocenters. The van der Waals surface area contributed by atoms with E-state index in [0.29, 0.717) is 18.1 Å². The first-order valence-electron chi connectivity index (χ1n) is 7.52. The van der Waals surface area contributed by atoms with Crippen LogP contribution in [0.1, 0.15) is 37.7 Å². The number of rotatable bonds is 2. The molecule has 3 rings (SSSR count). The van der Waals surface area contributed by atoms with Crippen LogP contribution in [0.2, 0.25) is 10.0 Å². The van der Waals surface area contributed by atoms with Gasteiger partial charge < -0.3 is 10.2 Å². The predicted molar refractivity (Wildman–Crippen MR) is 87.2 cm³/mol. The van der Waals surface area contributed by atoms with Crippen LogP contribution in [0, 0.1) is 6.92 Å². The van der Waals surface area contributed by atoms with Crippen molar-refractivity contribution in [2.75, 3.05) is 11.9 Å². The van der Waals surface area contributed by atoms with Crippen LogP contribution >= 0.6 is 23.2 Å². The molecule has 2 nitrogen and oxygen atoms in total. The van der Waals surface area contributed by atoms with Gasteiger partial charge in [0.05, 0.1) is 15.7 Å². The molecule has 0 aromatic heterocycles. The van der Waals surface area contributed by atoms with Gasteiger partial charge in [0, 0.05) is 18.1 Å². The van der Waals surface area contributed by atoms with Crippen molar-refractivity contribution < 1.29 is 0 Å². The van der Waals surface area contributed by atoms with Gasteiger partial charge in [-0.05, 0) is 57.7 Å². The van der Waals surface area contributed by atoms with Gasteiger partial charge in [-0.15, -0.1) is 0 Å². The Bertz CT molecular complexity index is 489. The number of aryl methyl sites for hydroxylation is 1. The zero-order chi connectivity index (χ0) is 14.3. The summed E-state index contributed by atoms with van der Waals surface area (Å²) in [6.45, 7) is 2.05. The number of anilines is 1. The number of benzene rings is 1. The van der Waals surface area contributed by atoms with E-state index in [9.17, 15) is 0 Å². The Morgan fingerprint density at radius 2 is 1.80 bits per heavy atom. The van der Waals surface area contributed by atoms with Crippen LogP contribution in [0.4, 0.5) is 5.69 Å². The summed E-state index contributed by atoms with van der Waals surface area (Å²) in [5, 5.41) is 5.08. The first-order valence-corrected chi connectivity index (χ1v) is 8.27. The van der Waals surface area contributed by atoms with E-state index in [0.717, 1.165) is 21.3 Å². The molecule has 0 aliphatic carbocycles. The standard InChI is InChI=1S/C16H22Cl2N2/c1-10-6-7-14(17)16(15(10)18)20-12-4-3-5-13(20)9-11(8-12)19-2/h6-7,11-13,19H,3-5,8-9H2,1-2H3. The third-order valence-corrected chi connectivity index (χ3v) is 5.68. The maximum atomic E-state index is 6.57. The number of hydrogen-bond donors (Lipinski definition) is 1. The molecule has 110 valence electrons. The fourth-order valence-electron chi connectivity index (χ4n) is 3.86. The second-order valence-corrected chi connectivity index (χ2v) is 6.91. The van der Waals surface area contributed by atoms with Crippen LogP contribution in [-0.2, 0) is 0 Å². The second kappa shape index (κ2) is 5.75. The van der Waals surface area contributed by atoms with Gasteiger partial charge in [0.15, 0.2) is 0 Å². The second-order valence-electron chi connectivity index (χ2n) is 6.13. The molecule has 1 N–H and O–H groups in total. The van der Waals surface area contributed by atoms with Gasteiger partial charge in [-0.25, -0.2) is 0 Å². The Labute approximate surface area is 131 Å². The van der Waals surface area contributed by atoms with E-state index in [4.69, 9.17) is 23.2 Å². The van der Waals surface area contributed by atoms with Gasteiger partial charge in [0.25, 0.3) is 0 Å². The molecule has 2 heterocycles. The van der Waals surface area contributed by atoms with Crippen molar-refractivity contribution in [3.8, 4) is 0 Å². The molecule has 0 amide bonds. The Morgan fingerprint density at radius 3 is 2.40 bits per heavy atom. The lowest BCUT2D eigenvalue weighted by molar-refractivity contribution is 0.252. The Hall–Kier alpha value is -0.440. The van der Waals surface area contributed by atoms with E-state index in [1.165, 1.54) is 32.1 Å². The monoisotopic (exact) mass is 312 g/mol. The zero-order valence-corrected chi connectivity index (χ0v) is 13.6. The first-order chi connectivity index (χ1) is 9.61. The molecule has 2 unspecified atom stereocenters. The van der Waals surface area contributed by atoms with Gasteiger partial charge in [-0.2, -0.15) is 0 Å². The van der Waals surface area contributed by atoms with Crippen LogP contribution in [0.25, 0.3) is 0 Å². The van der Waals surface area contributed by atoms with E-state index in [-0.39, 0.29) is 0 Å². The van der Waals surface area contributed by atoms with E-state index >= 15 is 0 Å². The molecule has 20 heavy (non-hydrogen) atoms. The van der Waals surface area contributed by atoms with E-state index in [2.05, 4.69) is 24.2 Å². The quantitative estimate of drug-likeness (QED) is 0.870. The molecule has 1 aromatic carbocycles. The fourth-order valence-corrected chi connectivity index (χ4v) is 4.43. The minimum absolute atomic E-state index is 0.566. The van der Waals surface area contributed by atoms with Crippen LogP contribution in [0.15, 0.2) is 12.1 Å².